The van der Waals surface area contributed by atoms with Crippen LogP contribution in [0.2, 0.25) is 0 Å². The van der Waals surface area contributed by atoms with Crippen molar-refractivity contribution < 1.29 is 18.1 Å². The molecule has 3 aromatic rings. The standard InChI is InChI=1S/C27H34N2O3S/c1-22-10-11-26-18-27(13-12-25(26)17-22)33(30,31)29(15-16-32-2)21-24-9-6-14-28(20-24)19-23-7-4-3-5-8-23/h3-5,7-8,10-13,17-18,24H,6,9,14-16,19-21H2,1-2H3/p+1. The van der Waals surface area contributed by atoms with Gasteiger partial charge in [0.15, 0.2) is 0 Å². The van der Waals surface area contributed by atoms with Crippen LogP contribution in [0.1, 0.15) is 24.0 Å². The highest BCUT2D eigenvalue weighted by Crippen LogP contribution is 2.24. The van der Waals surface area contributed by atoms with Crippen LogP contribution >= 0.6 is 0 Å². The number of benzene rings is 3. The van der Waals surface area contributed by atoms with Crippen LogP contribution in [-0.2, 0) is 21.3 Å². The fraction of sp³-hybridized carbons (Fsp3) is 0.407. The number of aryl methyl sites for hydroxylation is 1. The van der Waals surface area contributed by atoms with Gasteiger partial charge in [-0.05, 0) is 42.7 Å². The molecule has 6 heteroatoms. The lowest BCUT2D eigenvalue weighted by atomic mass is 9.97. The topological polar surface area (TPSA) is 51.1 Å². The number of fused-ring (bicyclic) bond motifs is 1. The quantitative estimate of drug-likeness (QED) is 0.526. The van der Waals surface area contributed by atoms with Crippen LogP contribution in [0.4, 0.5) is 0 Å². The summed E-state index contributed by atoms with van der Waals surface area (Å²) >= 11 is 0. The molecule has 1 fully saturated rings. The van der Waals surface area contributed by atoms with Crippen molar-refractivity contribution in [2.45, 2.75) is 31.2 Å². The molecule has 0 radical (unpaired) electrons. The molecule has 1 aliphatic heterocycles. The SMILES string of the molecule is COCCN(CC1CCC[NH+](Cc2ccccc2)C1)S(=O)(=O)c1ccc2cc(C)ccc2c1. The molecular weight excluding hydrogens is 432 g/mol. The molecule has 176 valence electrons. The van der Waals surface area contributed by atoms with Crippen molar-refractivity contribution in [3.63, 3.8) is 0 Å². The first-order valence-corrected chi connectivity index (χ1v) is 13.3. The van der Waals surface area contributed by atoms with Crippen molar-refractivity contribution >= 4 is 20.8 Å². The molecule has 3 aromatic carbocycles. The van der Waals surface area contributed by atoms with Crippen molar-refractivity contribution in [3.8, 4) is 0 Å². The summed E-state index contributed by atoms with van der Waals surface area (Å²) in [4.78, 5) is 1.89. The first-order valence-electron chi connectivity index (χ1n) is 11.8. The molecule has 2 atom stereocenters. The Kier molecular flexibility index (Phi) is 7.81. The summed E-state index contributed by atoms with van der Waals surface area (Å²) in [6.45, 7) is 6.46. The smallest absolute Gasteiger partial charge is 0.243 e. The van der Waals surface area contributed by atoms with E-state index in [0.29, 0.717) is 30.5 Å². The van der Waals surface area contributed by atoms with E-state index in [0.717, 1.165) is 43.2 Å². The molecule has 0 saturated carbocycles. The maximum atomic E-state index is 13.7. The summed E-state index contributed by atoms with van der Waals surface area (Å²) in [5, 5.41) is 2.01. The number of sulfonamides is 1. The number of nitrogens with zero attached hydrogens (tertiary/aromatic N) is 1. The molecule has 33 heavy (non-hydrogen) atoms. The van der Waals surface area contributed by atoms with E-state index in [1.807, 2.05) is 31.2 Å². The number of likely N-dealkylation sites (tertiary alicyclic amines) is 1. The van der Waals surface area contributed by atoms with Crippen molar-refractivity contribution in [1.82, 2.24) is 4.31 Å². The minimum absolute atomic E-state index is 0.340. The van der Waals surface area contributed by atoms with Gasteiger partial charge in [-0.2, -0.15) is 4.31 Å². The average molecular weight is 468 g/mol. The van der Waals surface area contributed by atoms with Gasteiger partial charge in [-0.1, -0.05) is 60.2 Å². The average Bonchev–Trinajstić information content (AvgIpc) is 2.82. The van der Waals surface area contributed by atoms with Gasteiger partial charge >= 0.3 is 0 Å². The van der Waals surface area contributed by atoms with Crippen LogP contribution in [0.5, 0.6) is 0 Å². The molecule has 4 rings (SSSR count). The Morgan fingerprint density at radius 3 is 2.58 bits per heavy atom. The molecule has 1 N–H and O–H groups in total. The third-order valence-corrected chi connectivity index (χ3v) is 8.49. The minimum Gasteiger partial charge on any atom is -0.383 e. The minimum atomic E-state index is -3.61. The second-order valence-electron chi connectivity index (χ2n) is 9.24. The van der Waals surface area contributed by atoms with Crippen molar-refractivity contribution in [2.24, 2.45) is 5.92 Å². The number of methoxy groups -OCH3 is 1. The highest BCUT2D eigenvalue weighted by atomic mass is 32.2. The highest BCUT2D eigenvalue weighted by Gasteiger charge is 2.31. The number of piperidine rings is 1. The molecule has 5 nitrogen and oxygen atoms in total. The van der Waals surface area contributed by atoms with E-state index in [-0.39, 0.29) is 0 Å². The third kappa shape index (κ3) is 6.01. The van der Waals surface area contributed by atoms with Crippen LogP contribution in [0.15, 0.2) is 71.6 Å². The van der Waals surface area contributed by atoms with Gasteiger partial charge in [-0.25, -0.2) is 8.42 Å². The Balaban J connectivity index is 1.51. The van der Waals surface area contributed by atoms with Gasteiger partial charge in [0.1, 0.15) is 6.54 Å². The lowest BCUT2D eigenvalue weighted by Crippen LogP contribution is -3.12. The zero-order valence-corrected chi connectivity index (χ0v) is 20.5. The number of hydrogen-bond donors (Lipinski definition) is 1. The Morgan fingerprint density at radius 2 is 1.79 bits per heavy atom. The van der Waals surface area contributed by atoms with Crippen LogP contribution in [-0.4, -0.2) is 52.6 Å². The van der Waals surface area contributed by atoms with Crippen LogP contribution in [0.25, 0.3) is 10.8 Å². The maximum Gasteiger partial charge on any atom is 0.243 e. The van der Waals surface area contributed by atoms with E-state index in [9.17, 15) is 8.42 Å². The molecule has 1 saturated heterocycles. The normalized spacial score (nSPS) is 19.2. The largest absolute Gasteiger partial charge is 0.383 e. The predicted octanol–water partition coefficient (Wildman–Crippen LogP) is 3.28. The van der Waals surface area contributed by atoms with Gasteiger partial charge in [0, 0.05) is 31.7 Å². The molecule has 0 aromatic heterocycles. The number of quaternary nitrogens is 1. The summed E-state index contributed by atoms with van der Waals surface area (Å²) in [6.07, 6.45) is 2.19. The van der Waals surface area contributed by atoms with Crippen LogP contribution in [0.3, 0.4) is 0 Å². The monoisotopic (exact) mass is 467 g/mol. The van der Waals surface area contributed by atoms with Crippen molar-refractivity contribution in [3.05, 3.63) is 77.9 Å². The van der Waals surface area contributed by atoms with Gasteiger partial charge in [0.2, 0.25) is 10.0 Å². The first-order chi connectivity index (χ1) is 16.0. The Hall–Kier alpha value is -2.25. The molecule has 0 amide bonds. The molecule has 1 heterocycles. The zero-order chi connectivity index (χ0) is 23.3. The van der Waals surface area contributed by atoms with Gasteiger partial charge in [0.05, 0.1) is 24.6 Å². The van der Waals surface area contributed by atoms with E-state index < -0.39 is 10.0 Å². The summed E-state index contributed by atoms with van der Waals surface area (Å²) in [6, 6.07) is 22.1. The maximum absolute atomic E-state index is 13.7. The summed E-state index contributed by atoms with van der Waals surface area (Å²) in [5.41, 5.74) is 2.50. The number of rotatable bonds is 9. The predicted molar refractivity (Wildman–Crippen MR) is 133 cm³/mol. The van der Waals surface area contributed by atoms with Gasteiger partial charge < -0.3 is 9.64 Å². The van der Waals surface area contributed by atoms with Crippen molar-refractivity contribution in [2.75, 3.05) is 39.9 Å². The molecule has 1 aliphatic rings. The number of ether oxygens (including phenoxy) is 1. The molecule has 0 spiro atoms. The fourth-order valence-electron chi connectivity index (χ4n) is 4.90. The number of nitrogens with one attached hydrogen (secondary N) is 1. The van der Waals surface area contributed by atoms with Crippen LogP contribution in [0, 0.1) is 12.8 Å². The summed E-state index contributed by atoms with van der Waals surface area (Å²) in [7, 11) is -1.99. The Morgan fingerprint density at radius 1 is 1.03 bits per heavy atom. The van der Waals surface area contributed by atoms with Crippen molar-refractivity contribution in [1.29, 1.82) is 0 Å². The lowest BCUT2D eigenvalue weighted by Gasteiger charge is -2.33. The Bertz CT molecular complexity index is 1160. The molecule has 0 aliphatic carbocycles. The van der Waals surface area contributed by atoms with Gasteiger partial charge in [-0.15, -0.1) is 0 Å². The van der Waals surface area contributed by atoms with E-state index >= 15 is 0 Å². The number of hydrogen-bond acceptors (Lipinski definition) is 3. The highest BCUT2D eigenvalue weighted by molar-refractivity contribution is 7.89. The van der Waals surface area contributed by atoms with E-state index in [2.05, 4.69) is 30.3 Å². The summed E-state index contributed by atoms with van der Waals surface area (Å²) < 4.78 is 34.2. The van der Waals surface area contributed by atoms with Gasteiger partial charge in [-0.3, -0.25) is 0 Å². The summed E-state index contributed by atoms with van der Waals surface area (Å²) in [5.74, 6) is 0.340. The second kappa shape index (κ2) is 10.8. The molecule has 0 bridgehead atoms. The van der Waals surface area contributed by atoms with Gasteiger partial charge in [0.25, 0.3) is 0 Å². The second-order valence-corrected chi connectivity index (χ2v) is 11.2. The first kappa shape index (κ1) is 23.9. The molecular formula is C27H35N2O3S+. The lowest BCUT2D eigenvalue weighted by molar-refractivity contribution is -0.922. The third-order valence-electron chi connectivity index (χ3n) is 6.63. The van der Waals surface area contributed by atoms with E-state index in [1.165, 1.54) is 16.0 Å². The van der Waals surface area contributed by atoms with Crippen LogP contribution < -0.4 is 4.90 Å². The van der Waals surface area contributed by atoms with E-state index in [1.54, 1.807) is 23.5 Å². The zero-order valence-electron chi connectivity index (χ0n) is 19.7. The van der Waals surface area contributed by atoms with E-state index in [4.69, 9.17) is 4.74 Å². The Labute approximate surface area is 198 Å². The molecule has 2 unspecified atom stereocenters. The fourth-order valence-corrected chi connectivity index (χ4v) is 6.43.